The Morgan fingerprint density at radius 2 is 1.68 bits per heavy atom. The van der Waals surface area contributed by atoms with Crippen molar-refractivity contribution in [2.45, 2.75) is 0 Å². The number of benzene rings is 2. The molecule has 1 aromatic heterocycles. The first-order chi connectivity index (χ1) is 9.11. The number of fused-ring (bicyclic) bond motifs is 1. The largest absolute Gasteiger partial charge is 0.330 e. The van der Waals surface area contributed by atoms with Crippen LogP contribution in [0.1, 0.15) is 0 Å². The van der Waals surface area contributed by atoms with E-state index < -0.39 is 0 Å². The lowest BCUT2D eigenvalue weighted by Gasteiger charge is -2.04. The molecule has 2 nitrogen and oxygen atoms in total. The monoisotopic (exact) mass is 328 g/mol. The van der Waals surface area contributed by atoms with Gasteiger partial charge in [0.25, 0.3) is 0 Å². The van der Waals surface area contributed by atoms with Crippen molar-refractivity contribution in [1.29, 1.82) is 0 Å². The second-order valence-corrected chi connectivity index (χ2v) is 6.19. The molecule has 0 amide bonds. The molecule has 96 valence electrons. The van der Waals surface area contributed by atoms with E-state index in [0.717, 1.165) is 21.0 Å². The van der Waals surface area contributed by atoms with Gasteiger partial charge in [0.2, 0.25) is 0 Å². The minimum absolute atomic E-state index is 0.560. The Bertz CT molecular complexity index is 755. The summed E-state index contributed by atoms with van der Waals surface area (Å²) in [7, 11) is 0. The van der Waals surface area contributed by atoms with E-state index in [4.69, 9.17) is 34.8 Å². The van der Waals surface area contributed by atoms with Crippen molar-refractivity contribution in [3.63, 3.8) is 0 Å². The highest BCUT2D eigenvalue weighted by Crippen LogP contribution is 2.33. The summed E-state index contributed by atoms with van der Waals surface area (Å²) < 4.78 is 1.07. The fourth-order valence-electron chi connectivity index (χ4n) is 1.66. The molecule has 19 heavy (non-hydrogen) atoms. The average Bonchev–Trinajstić information content (AvgIpc) is 2.74. The van der Waals surface area contributed by atoms with Gasteiger partial charge in [0.05, 0.1) is 20.9 Å². The zero-order valence-corrected chi connectivity index (χ0v) is 12.5. The van der Waals surface area contributed by atoms with Crippen molar-refractivity contribution in [2.24, 2.45) is 0 Å². The van der Waals surface area contributed by atoms with E-state index in [1.165, 1.54) is 0 Å². The first-order valence-electron chi connectivity index (χ1n) is 5.40. The number of nitrogens with one attached hydrogen (secondary N) is 1. The molecule has 0 fully saturated rings. The molecule has 0 bridgehead atoms. The predicted octanol–water partition coefficient (Wildman–Crippen LogP) is 6.00. The minimum Gasteiger partial charge on any atom is -0.330 e. The number of hydrogen-bond donors (Lipinski definition) is 1. The maximum atomic E-state index is 6.11. The number of nitrogens with zero attached hydrogens (tertiary/aromatic N) is 1. The fourth-order valence-corrected chi connectivity index (χ4v) is 3.14. The summed E-state index contributed by atoms with van der Waals surface area (Å²) >= 11 is 19.5. The molecule has 1 heterocycles. The van der Waals surface area contributed by atoms with Crippen LogP contribution in [0.5, 0.6) is 0 Å². The second-order valence-electron chi connectivity index (χ2n) is 3.88. The number of halogens is 3. The van der Waals surface area contributed by atoms with Gasteiger partial charge < -0.3 is 5.32 Å². The topological polar surface area (TPSA) is 24.9 Å². The van der Waals surface area contributed by atoms with Gasteiger partial charge in [-0.05, 0) is 36.4 Å². The molecule has 3 rings (SSSR count). The van der Waals surface area contributed by atoms with Gasteiger partial charge in [0, 0.05) is 10.0 Å². The summed E-state index contributed by atoms with van der Waals surface area (Å²) in [4.78, 5) is 4.46. The van der Waals surface area contributed by atoms with Crippen molar-refractivity contribution in [1.82, 2.24) is 4.98 Å². The Hall–Kier alpha value is -1.00. The lowest BCUT2D eigenvalue weighted by molar-refractivity contribution is 1.44. The van der Waals surface area contributed by atoms with Crippen molar-refractivity contribution in [3.8, 4) is 0 Å². The summed E-state index contributed by atoms with van der Waals surface area (Å²) in [5.41, 5.74) is 1.64. The number of hydrogen-bond acceptors (Lipinski definition) is 3. The van der Waals surface area contributed by atoms with E-state index in [2.05, 4.69) is 10.3 Å². The van der Waals surface area contributed by atoms with Crippen molar-refractivity contribution < 1.29 is 0 Å². The molecule has 0 unspecified atom stereocenters. The standard InChI is InChI=1S/C13H7Cl3N2S/c14-7-1-3-10(9(16)5-7)17-13-18-11-6-8(15)2-4-12(11)19-13/h1-6H,(H,17,18). The molecule has 0 saturated heterocycles. The summed E-state index contributed by atoms with van der Waals surface area (Å²) in [5.74, 6) is 0. The molecular weight excluding hydrogens is 323 g/mol. The average molecular weight is 330 g/mol. The van der Waals surface area contributed by atoms with Gasteiger partial charge in [-0.25, -0.2) is 4.98 Å². The molecule has 0 aliphatic carbocycles. The molecule has 1 N–H and O–H groups in total. The van der Waals surface area contributed by atoms with E-state index >= 15 is 0 Å². The van der Waals surface area contributed by atoms with E-state index in [0.29, 0.717) is 15.1 Å². The number of rotatable bonds is 2. The Morgan fingerprint density at radius 1 is 0.947 bits per heavy atom. The molecule has 2 aromatic carbocycles. The van der Waals surface area contributed by atoms with E-state index in [9.17, 15) is 0 Å². The SMILES string of the molecule is Clc1ccc(Nc2nc3cc(Cl)ccc3s2)c(Cl)c1. The van der Waals surface area contributed by atoms with Crippen LogP contribution in [0.25, 0.3) is 10.2 Å². The molecule has 0 radical (unpaired) electrons. The van der Waals surface area contributed by atoms with Crippen LogP contribution in [0.2, 0.25) is 15.1 Å². The van der Waals surface area contributed by atoms with Crippen LogP contribution < -0.4 is 5.32 Å². The molecule has 0 spiro atoms. The molecule has 0 saturated carbocycles. The van der Waals surface area contributed by atoms with Crippen LogP contribution in [0.3, 0.4) is 0 Å². The van der Waals surface area contributed by atoms with Crippen LogP contribution in [0, 0.1) is 0 Å². The minimum atomic E-state index is 0.560. The predicted molar refractivity (Wildman–Crippen MR) is 84.4 cm³/mol. The normalized spacial score (nSPS) is 10.9. The van der Waals surface area contributed by atoms with Gasteiger partial charge >= 0.3 is 0 Å². The molecule has 0 atom stereocenters. The zero-order chi connectivity index (χ0) is 13.4. The van der Waals surface area contributed by atoms with Crippen LogP contribution >= 0.6 is 46.1 Å². The molecular formula is C13H7Cl3N2S. The Balaban J connectivity index is 1.96. The van der Waals surface area contributed by atoms with E-state index in [1.54, 1.807) is 23.5 Å². The van der Waals surface area contributed by atoms with Crippen LogP contribution in [-0.2, 0) is 0 Å². The third kappa shape index (κ3) is 2.79. The molecule has 3 aromatic rings. The number of anilines is 2. The summed E-state index contributed by atoms with van der Waals surface area (Å²) in [6, 6.07) is 10.9. The summed E-state index contributed by atoms with van der Waals surface area (Å²) in [6.45, 7) is 0. The second kappa shape index (κ2) is 5.17. The number of aromatic nitrogens is 1. The van der Waals surface area contributed by atoms with Crippen molar-refractivity contribution in [2.75, 3.05) is 5.32 Å². The third-order valence-electron chi connectivity index (χ3n) is 2.52. The van der Waals surface area contributed by atoms with Crippen molar-refractivity contribution in [3.05, 3.63) is 51.5 Å². The Morgan fingerprint density at radius 3 is 2.47 bits per heavy atom. The first kappa shape index (κ1) is 13.0. The third-order valence-corrected chi connectivity index (χ3v) is 4.26. The van der Waals surface area contributed by atoms with E-state index in [1.807, 2.05) is 24.3 Å². The zero-order valence-electron chi connectivity index (χ0n) is 9.45. The van der Waals surface area contributed by atoms with Crippen LogP contribution in [0.4, 0.5) is 10.8 Å². The van der Waals surface area contributed by atoms with Gasteiger partial charge in [0.15, 0.2) is 5.13 Å². The Kier molecular flexibility index (Phi) is 3.54. The maximum absolute atomic E-state index is 6.11. The van der Waals surface area contributed by atoms with Gasteiger partial charge in [-0.15, -0.1) is 0 Å². The maximum Gasteiger partial charge on any atom is 0.188 e. The van der Waals surface area contributed by atoms with Crippen LogP contribution in [-0.4, -0.2) is 4.98 Å². The quantitative estimate of drug-likeness (QED) is 0.623. The summed E-state index contributed by atoms with van der Waals surface area (Å²) in [5, 5.41) is 5.79. The number of thiazole rings is 1. The highest BCUT2D eigenvalue weighted by Gasteiger charge is 2.07. The van der Waals surface area contributed by atoms with Gasteiger partial charge in [-0.3, -0.25) is 0 Å². The first-order valence-corrected chi connectivity index (χ1v) is 7.35. The summed E-state index contributed by atoms with van der Waals surface area (Å²) in [6.07, 6.45) is 0. The van der Waals surface area contributed by atoms with Gasteiger partial charge in [-0.1, -0.05) is 46.1 Å². The van der Waals surface area contributed by atoms with Gasteiger partial charge in [-0.2, -0.15) is 0 Å². The lowest BCUT2D eigenvalue weighted by atomic mass is 10.3. The molecule has 0 aliphatic rings. The smallest absolute Gasteiger partial charge is 0.188 e. The Labute approximate surface area is 128 Å². The van der Waals surface area contributed by atoms with E-state index in [-0.39, 0.29) is 0 Å². The molecule has 0 aliphatic heterocycles. The highest BCUT2D eigenvalue weighted by molar-refractivity contribution is 7.22. The fraction of sp³-hybridized carbons (Fsp3) is 0. The van der Waals surface area contributed by atoms with Crippen LogP contribution in [0.15, 0.2) is 36.4 Å². The molecule has 6 heteroatoms. The van der Waals surface area contributed by atoms with Gasteiger partial charge in [0.1, 0.15) is 0 Å². The lowest BCUT2D eigenvalue weighted by Crippen LogP contribution is -1.89. The van der Waals surface area contributed by atoms with Crippen molar-refractivity contribution >= 4 is 67.2 Å². The highest BCUT2D eigenvalue weighted by atomic mass is 35.5.